The second-order valence-electron chi connectivity index (χ2n) is 4.89. The number of aryl methyl sites for hydroxylation is 1. The lowest BCUT2D eigenvalue weighted by Crippen LogP contribution is -2.32. The molecule has 2 aliphatic heterocycles. The van der Waals surface area contributed by atoms with Crippen LogP contribution in [0.5, 0.6) is 0 Å². The third kappa shape index (κ3) is 2.64. The molecule has 0 spiro atoms. The number of rotatable bonds is 3. The van der Waals surface area contributed by atoms with E-state index in [1.165, 1.54) is 0 Å². The average Bonchev–Trinajstić information content (AvgIpc) is 3.01. The molecule has 3 rings (SSSR count). The van der Waals surface area contributed by atoms with Crippen LogP contribution in [0.3, 0.4) is 0 Å². The highest BCUT2D eigenvalue weighted by atomic mass is 35.5. The second kappa shape index (κ2) is 5.67. The van der Waals surface area contributed by atoms with Crippen molar-refractivity contribution in [1.82, 2.24) is 25.2 Å². The van der Waals surface area contributed by atoms with Crippen LogP contribution in [0.2, 0.25) is 0 Å². The van der Waals surface area contributed by atoms with Gasteiger partial charge in [-0.2, -0.15) is 0 Å². The van der Waals surface area contributed by atoms with Gasteiger partial charge in [-0.25, -0.2) is 0 Å². The summed E-state index contributed by atoms with van der Waals surface area (Å²) in [6.07, 6.45) is 3.95. The minimum Gasteiger partial charge on any atom is -0.342 e. The summed E-state index contributed by atoms with van der Waals surface area (Å²) in [4.78, 5) is 14.0. The lowest BCUT2D eigenvalue weighted by Gasteiger charge is -2.17. The van der Waals surface area contributed by atoms with Gasteiger partial charge in [0.15, 0.2) is 0 Å². The second-order valence-corrected chi connectivity index (χ2v) is 4.89. The predicted octanol–water partition coefficient (Wildman–Crippen LogP) is -0.232. The van der Waals surface area contributed by atoms with E-state index in [4.69, 9.17) is 0 Å². The van der Waals surface area contributed by atoms with Gasteiger partial charge in [-0.3, -0.25) is 9.48 Å². The molecular weight excluding hydrogens is 254 g/mol. The van der Waals surface area contributed by atoms with Crippen LogP contribution in [0.25, 0.3) is 0 Å². The molecule has 6 nitrogen and oxygen atoms in total. The molecule has 1 aromatic rings. The Hall–Kier alpha value is -1.14. The van der Waals surface area contributed by atoms with Gasteiger partial charge in [0, 0.05) is 38.8 Å². The van der Waals surface area contributed by atoms with Gasteiger partial charge in [-0.15, -0.1) is 17.5 Å². The minimum absolute atomic E-state index is 0. The number of hydrogen-bond donors (Lipinski definition) is 1. The molecule has 0 aliphatic carbocycles. The first kappa shape index (κ1) is 13.3. The maximum absolute atomic E-state index is 12.0. The number of nitrogens with zero attached hydrogens (tertiary/aromatic N) is 4. The van der Waals surface area contributed by atoms with Crippen molar-refractivity contribution in [3.05, 3.63) is 12.4 Å². The summed E-state index contributed by atoms with van der Waals surface area (Å²) in [7, 11) is 0. The molecule has 0 aromatic carbocycles. The van der Waals surface area contributed by atoms with E-state index < -0.39 is 0 Å². The number of halogens is 1. The van der Waals surface area contributed by atoms with E-state index in [1.54, 1.807) is 17.1 Å². The molecule has 2 saturated heterocycles. The quantitative estimate of drug-likeness (QED) is 0.825. The van der Waals surface area contributed by atoms with Gasteiger partial charge in [0.1, 0.15) is 0 Å². The zero-order valence-electron chi connectivity index (χ0n) is 10.2. The van der Waals surface area contributed by atoms with Gasteiger partial charge in [-0.05, 0) is 11.8 Å². The zero-order chi connectivity index (χ0) is 11.7. The predicted molar refractivity (Wildman–Crippen MR) is 68.3 cm³/mol. The highest BCUT2D eigenvalue weighted by molar-refractivity contribution is 5.85. The Bertz CT molecular complexity index is 384. The topological polar surface area (TPSA) is 63.1 Å². The summed E-state index contributed by atoms with van der Waals surface area (Å²) in [6.45, 7) is 4.61. The first-order valence-corrected chi connectivity index (χ1v) is 6.15. The van der Waals surface area contributed by atoms with E-state index in [0.717, 1.165) is 26.2 Å². The van der Waals surface area contributed by atoms with Gasteiger partial charge >= 0.3 is 0 Å². The van der Waals surface area contributed by atoms with Crippen LogP contribution in [0.1, 0.15) is 6.42 Å². The molecule has 2 aliphatic rings. The summed E-state index contributed by atoms with van der Waals surface area (Å²) in [6, 6.07) is 0. The molecule has 2 atom stereocenters. The van der Waals surface area contributed by atoms with Crippen molar-refractivity contribution in [1.29, 1.82) is 0 Å². The number of fused-ring (bicyclic) bond motifs is 1. The summed E-state index contributed by atoms with van der Waals surface area (Å²) in [5.41, 5.74) is 0. The highest BCUT2D eigenvalue weighted by Crippen LogP contribution is 2.26. The fraction of sp³-hybridized carbons (Fsp3) is 0.727. The highest BCUT2D eigenvalue weighted by Gasteiger charge is 2.37. The number of likely N-dealkylation sites (tertiary alicyclic amines) is 1. The SMILES string of the molecule is Cl.O=C(CCn1ccnn1)N1C[C@H]2CNC[C@H]2C1. The number of carbonyl (C=O) groups excluding carboxylic acids is 1. The molecule has 0 saturated carbocycles. The number of hydrogen-bond acceptors (Lipinski definition) is 4. The van der Waals surface area contributed by atoms with Crippen molar-refractivity contribution in [2.75, 3.05) is 26.2 Å². The maximum Gasteiger partial charge on any atom is 0.224 e. The van der Waals surface area contributed by atoms with Crippen molar-refractivity contribution >= 4 is 18.3 Å². The summed E-state index contributed by atoms with van der Waals surface area (Å²) in [5, 5.41) is 11.0. The minimum atomic E-state index is 0. The molecule has 100 valence electrons. The van der Waals surface area contributed by atoms with E-state index in [0.29, 0.717) is 24.8 Å². The Balaban J connectivity index is 0.00000120. The number of amides is 1. The Morgan fingerprint density at radius 1 is 1.33 bits per heavy atom. The van der Waals surface area contributed by atoms with Crippen molar-refractivity contribution in [3.63, 3.8) is 0 Å². The van der Waals surface area contributed by atoms with E-state index in [9.17, 15) is 4.79 Å². The molecule has 0 unspecified atom stereocenters. The van der Waals surface area contributed by atoms with Crippen LogP contribution >= 0.6 is 12.4 Å². The smallest absolute Gasteiger partial charge is 0.224 e. The van der Waals surface area contributed by atoms with Crippen LogP contribution in [-0.2, 0) is 11.3 Å². The van der Waals surface area contributed by atoms with Gasteiger partial charge < -0.3 is 10.2 Å². The molecule has 7 heteroatoms. The molecule has 1 amide bonds. The Morgan fingerprint density at radius 2 is 2.06 bits per heavy atom. The first-order valence-electron chi connectivity index (χ1n) is 6.15. The van der Waals surface area contributed by atoms with Crippen molar-refractivity contribution < 1.29 is 4.79 Å². The molecule has 0 radical (unpaired) electrons. The van der Waals surface area contributed by atoms with Crippen molar-refractivity contribution in [3.8, 4) is 0 Å². The van der Waals surface area contributed by atoms with Gasteiger partial charge in [0.05, 0.1) is 12.7 Å². The Kier molecular flexibility index (Phi) is 4.19. The third-order valence-corrected chi connectivity index (χ3v) is 3.77. The van der Waals surface area contributed by atoms with E-state index in [1.807, 2.05) is 4.90 Å². The molecule has 18 heavy (non-hydrogen) atoms. The van der Waals surface area contributed by atoms with Crippen LogP contribution in [0.4, 0.5) is 0 Å². The van der Waals surface area contributed by atoms with E-state index >= 15 is 0 Å². The average molecular weight is 272 g/mol. The molecule has 3 heterocycles. The Labute approximate surface area is 112 Å². The molecule has 2 fully saturated rings. The molecule has 1 N–H and O–H groups in total. The monoisotopic (exact) mass is 271 g/mol. The summed E-state index contributed by atoms with van der Waals surface area (Å²) < 4.78 is 1.70. The normalized spacial score (nSPS) is 25.9. The lowest BCUT2D eigenvalue weighted by molar-refractivity contribution is -0.130. The Morgan fingerprint density at radius 3 is 2.67 bits per heavy atom. The third-order valence-electron chi connectivity index (χ3n) is 3.77. The largest absolute Gasteiger partial charge is 0.342 e. The fourth-order valence-electron chi connectivity index (χ4n) is 2.78. The van der Waals surface area contributed by atoms with Crippen LogP contribution in [0, 0.1) is 11.8 Å². The summed E-state index contributed by atoms with van der Waals surface area (Å²) in [5.74, 6) is 1.59. The van der Waals surface area contributed by atoms with Crippen molar-refractivity contribution in [2.45, 2.75) is 13.0 Å². The summed E-state index contributed by atoms with van der Waals surface area (Å²) >= 11 is 0. The molecular formula is C11H18ClN5O. The van der Waals surface area contributed by atoms with Gasteiger partial charge in [-0.1, -0.05) is 5.21 Å². The zero-order valence-corrected chi connectivity index (χ0v) is 11.0. The van der Waals surface area contributed by atoms with Crippen LogP contribution in [0.15, 0.2) is 12.4 Å². The van der Waals surface area contributed by atoms with Gasteiger partial charge in [0.2, 0.25) is 5.91 Å². The van der Waals surface area contributed by atoms with Gasteiger partial charge in [0.25, 0.3) is 0 Å². The first-order chi connectivity index (χ1) is 8.33. The van der Waals surface area contributed by atoms with E-state index in [-0.39, 0.29) is 18.3 Å². The van der Waals surface area contributed by atoms with E-state index in [2.05, 4.69) is 15.6 Å². The van der Waals surface area contributed by atoms with Crippen LogP contribution < -0.4 is 5.32 Å². The maximum atomic E-state index is 12.0. The standard InChI is InChI=1S/C11H17N5O.ClH/c17-11(1-3-16-4-2-13-14-16)15-7-9-5-12-6-10(9)8-15;/h2,4,9-10,12H,1,3,5-8H2;1H/t9-,10+;. The fourth-order valence-corrected chi connectivity index (χ4v) is 2.78. The van der Waals surface area contributed by atoms with Crippen LogP contribution in [-0.4, -0.2) is 52.0 Å². The molecule has 0 bridgehead atoms. The lowest BCUT2D eigenvalue weighted by atomic mass is 10.0. The van der Waals surface area contributed by atoms with Crippen molar-refractivity contribution in [2.24, 2.45) is 11.8 Å². The molecule has 1 aromatic heterocycles. The number of aromatic nitrogens is 3. The number of carbonyl (C=O) groups is 1. The number of nitrogens with one attached hydrogen (secondary N) is 1.